The molecular weight excluding hydrogens is 254 g/mol. The summed E-state index contributed by atoms with van der Waals surface area (Å²) in [6.07, 6.45) is 0.672. The highest BCUT2D eigenvalue weighted by molar-refractivity contribution is 6.33. The molecule has 0 spiro atoms. The molecule has 0 amide bonds. The monoisotopic (exact) mass is 267 g/mol. The molecule has 2 rings (SSSR count). The lowest BCUT2D eigenvalue weighted by Crippen LogP contribution is -2.06. The van der Waals surface area contributed by atoms with Crippen LogP contribution < -0.4 is 10.1 Å². The topological polar surface area (TPSA) is 75.7 Å². The van der Waals surface area contributed by atoms with Crippen molar-refractivity contribution in [2.45, 2.75) is 13.3 Å². The molecule has 0 aliphatic heterocycles. The Morgan fingerprint density at radius 1 is 1.44 bits per heavy atom. The number of hydrogen-bond donors (Lipinski definition) is 2. The molecule has 0 fully saturated rings. The van der Waals surface area contributed by atoms with E-state index in [1.54, 1.807) is 0 Å². The van der Waals surface area contributed by atoms with Gasteiger partial charge in [0.2, 0.25) is 0 Å². The first-order valence-corrected chi connectivity index (χ1v) is 6.06. The Kier molecular flexibility index (Phi) is 4.35. The van der Waals surface area contributed by atoms with Crippen LogP contribution in [0.15, 0.2) is 18.2 Å². The highest BCUT2D eigenvalue weighted by Crippen LogP contribution is 2.26. The smallest absolute Gasteiger partial charge is 0.176 e. The number of tetrazole rings is 1. The van der Waals surface area contributed by atoms with Gasteiger partial charge in [0.25, 0.3) is 0 Å². The molecule has 1 aromatic carbocycles. The van der Waals surface area contributed by atoms with E-state index in [-0.39, 0.29) is 0 Å². The number of benzene rings is 1. The van der Waals surface area contributed by atoms with E-state index in [2.05, 4.69) is 25.9 Å². The number of H-pyrrole nitrogens is 1. The van der Waals surface area contributed by atoms with Crippen molar-refractivity contribution in [2.24, 2.45) is 0 Å². The summed E-state index contributed by atoms with van der Waals surface area (Å²) in [5.41, 5.74) is 0.839. The van der Waals surface area contributed by atoms with Gasteiger partial charge in [-0.1, -0.05) is 16.8 Å². The second-order valence-corrected chi connectivity index (χ2v) is 3.99. The molecule has 18 heavy (non-hydrogen) atoms. The van der Waals surface area contributed by atoms with Crippen LogP contribution in [0, 0.1) is 0 Å². The van der Waals surface area contributed by atoms with Crippen molar-refractivity contribution in [2.75, 3.05) is 18.5 Å². The van der Waals surface area contributed by atoms with Gasteiger partial charge in [-0.15, -0.1) is 10.2 Å². The van der Waals surface area contributed by atoms with E-state index in [1.165, 1.54) is 0 Å². The summed E-state index contributed by atoms with van der Waals surface area (Å²) in [5, 5.41) is 17.5. The van der Waals surface area contributed by atoms with Gasteiger partial charge in [-0.3, -0.25) is 0 Å². The fourth-order valence-electron chi connectivity index (χ4n) is 1.49. The quantitative estimate of drug-likeness (QED) is 0.836. The van der Waals surface area contributed by atoms with E-state index in [4.69, 9.17) is 16.3 Å². The second kappa shape index (κ2) is 6.20. The first-order chi connectivity index (χ1) is 8.79. The molecular formula is C11H14ClN5O. The summed E-state index contributed by atoms with van der Waals surface area (Å²) >= 11 is 6.09. The summed E-state index contributed by atoms with van der Waals surface area (Å²) in [7, 11) is 0. The molecule has 0 atom stereocenters. The van der Waals surface area contributed by atoms with E-state index in [1.807, 2.05) is 25.1 Å². The lowest BCUT2D eigenvalue weighted by molar-refractivity contribution is 0.340. The zero-order chi connectivity index (χ0) is 12.8. The number of aromatic amines is 1. The van der Waals surface area contributed by atoms with Crippen molar-refractivity contribution >= 4 is 17.3 Å². The molecule has 96 valence electrons. The van der Waals surface area contributed by atoms with Crippen LogP contribution in [0.1, 0.15) is 12.7 Å². The Morgan fingerprint density at radius 2 is 2.33 bits per heavy atom. The molecule has 0 radical (unpaired) electrons. The van der Waals surface area contributed by atoms with Crippen LogP contribution in [-0.2, 0) is 6.42 Å². The van der Waals surface area contributed by atoms with E-state index in [9.17, 15) is 0 Å². The van der Waals surface area contributed by atoms with Gasteiger partial charge in [0.15, 0.2) is 5.82 Å². The summed E-state index contributed by atoms with van der Waals surface area (Å²) in [4.78, 5) is 0. The van der Waals surface area contributed by atoms with Crippen LogP contribution in [0.5, 0.6) is 5.75 Å². The summed E-state index contributed by atoms with van der Waals surface area (Å²) in [5.74, 6) is 1.46. The molecule has 0 aliphatic rings. The molecule has 7 heteroatoms. The van der Waals surface area contributed by atoms with Gasteiger partial charge in [-0.25, -0.2) is 0 Å². The number of nitrogens with zero attached hydrogens (tertiary/aromatic N) is 3. The predicted octanol–water partition coefficient (Wildman–Crippen LogP) is 1.91. The molecule has 2 N–H and O–H groups in total. The Morgan fingerprint density at radius 3 is 3.06 bits per heavy atom. The van der Waals surface area contributed by atoms with Crippen LogP contribution in [0.3, 0.4) is 0 Å². The molecule has 2 aromatic rings. The minimum Gasteiger partial charge on any atom is -0.494 e. The molecule has 0 bridgehead atoms. The average Bonchev–Trinajstić information content (AvgIpc) is 2.86. The van der Waals surface area contributed by atoms with Crippen LogP contribution in [-0.4, -0.2) is 33.8 Å². The normalized spacial score (nSPS) is 10.3. The van der Waals surface area contributed by atoms with Gasteiger partial charge in [-0.05, 0) is 19.1 Å². The Bertz CT molecular complexity index is 488. The maximum Gasteiger partial charge on any atom is 0.176 e. The number of halogens is 1. The zero-order valence-corrected chi connectivity index (χ0v) is 10.7. The third-order valence-corrected chi connectivity index (χ3v) is 2.63. The summed E-state index contributed by atoms with van der Waals surface area (Å²) in [6, 6.07) is 5.53. The van der Waals surface area contributed by atoms with Crippen molar-refractivity contribution in [3.8, 4) is 5.75 Å². The maximum absolute atomic E-state index is 6.09. The van der Waals surface area contributed by atoms with Crippen LogP contribution in [0.2, 0.25) is 5.02 Å². The Labute approximate surface area is 110 Å². The van der Waals surface area contributed by atoms with E-state index >= 15 is 0 Å². The maximum atomic E-state index is 6.09. The lowest BCUT2D eigenvalue weighted by atomic mass is 10.3. The van der Waals surface area contributed by atoms with E-state index in [0.717, 1.165) is 11.4 Å². The van der Waals surface area contributed by atoms with Crippen LogP contribution in [0.25, 0.3) is 0 Å². The summed E-state index contributed by atoms with van der Waals surface area (Å²) < 4.78 is 5.42. The third-order valence-electron chi connectivity index (χ3n) is 2.30. The van der Waals surface area contributed by atoms with E-state index in [0.29, 0.717) is 30.4 Å². The van der Waals surface area contributed by atoms with Gasteiger partial charge in [-0.2, -0.15) is 5.21 Å². The largest absolute Gasteiger partial charge is 0.494 e. The van der Waals surface area contributed by atoms with Crippen molar-refractivity contribution < 1.29 is 4.74 Å². The second-order valence-electron chi connectivity index (χ2n) is 3.58. The van der Waals surface area contributed by atoms with Crippen molar-refractivity contribution in [1.82, 2.24) is 20.6 Å². The van der Waals surface area contributed by atoms with Crippen molar-refractivity contribution in [3.63, 3.8) is 0 Å². The number of rotatable bonds is 6. The van der Waals surface area contributed by atoms with Crippen molar-refractivity contribution in [1.29, 1.82) is 0 Å². The highest BCUT2D eigenvalue weighted by atomic mass is 35.5. The first-order valence-electron chi connectivity index (χ1n) is 5.68. The molecule has 1 aromatic heterocycles. The zero-order valence-electron chi connectivity index (χ0n) is 9.98. The number of anilines is 1. The first kappa shape index (κ1) is 12.6. The number of ether oxygens (including phenoxy) is 1. The van der Waals surface area contributed by atoms with Gasteiger partial charge >= 0.3 is 0 Å². The van der Waals surface area contributed by atoms with Gasteiger partial charge in [0.05, 0.1) is 17.3 Å². The molecule has 0 unspecified atom stereocenters. The fraction of sp³-hybridized carbons (Fsp3) is 0.364. The van der Waals surface area contributed by atoms with Gasteiger partial charge in [0, 0.05) is 19.0 Å². The highest BCUT2D eigenvalue weighted by Gasteiger charge is 2.03. The standard InChI is InChI=1S/C11H14ClN5O/c1-2-18-8-3-4-9(12)10(7-8)13-6-5-11-14-16-17-15-11/h3-4,7,13H,2,5-6H2,1H3,(H,14,15,16,17). The Balaban J connectivity index is 1.93. The minimum atomic E-state index is 0.629. The molecule has 0 aliphatic carbocycles. The molecule has 0 saturated heterocycles. The van der Waals surface area contributed by atoms with E-state index < -0.39 is 0 Å². The van der Waals surface area contributed by atoms with Gasteiger partial charge < -0.3 is 10.1 Å². The average molecular weight is 268 g/mol. The lowest BCUT2D eigenvalue weighted by Gasteiger charge is -2.10. The Hall–Kier alpha value is -1.82. The minimum absolute atomic E-state index is 0.629. The van der Waals surface area contributed by atoms with Crippen LogP contribution >= 0.6 is 11.6 Å². The van der Waals surface area contributed by atoms with Gasteiger partial charge in [0.1, 0.15) is 5.75 Å². The molecule has 0 saturated carbocycles. The summed E-state index contributed by atoms with van der Waals surface area (Å²) in [6.45, 7) is 3.25. The molecule has 1 heterocycles. The van der Waals surface area contributed by atoms with Crippen LogP contribution in [0.4, 0.5) is 5.69 Å². The number of nitrogens with one attached hydrogen (secondary N) is 2. The number of aromatic nitrogens is 4. The fourth-order valence-corrected chi connectivity index (χ4v) is 1.68. The SMILES string of the molecule is CCOc1ccc(Cl)c(NCCc2nn[nH]n2)c1. The number of hydrogen-bond acceptors (Lipinski definition) is 5. The van der Waals surface area contributed by atoms with Crippen molar-refractivity contribution in [3.05, 3.63) is 29.0 Å². The third kappa shape index (κ3) is 3.33. The predicted molar refractivity (Wildman–Crippen MR) is 69.0 cm³/mol. The molecule has 6 nitrogen and oxygen atoms in total.